The van der Waals surface area contributed by atoms with Gasteiger partial charge in [0.15, 0.2) is 0 Å². The number of pyridine rings is 1. The number of carbonyl (C=O) groups is 1. The summed E-state index contributed by atoms with van der Waals surface area (Å²) in [5.41, 5.74) is 2.68. The molecule has 1 amide bonds. The fourth-order valence-corrected chi connectivity index (χ4v) is 3.10. The van der Waals surface area contributed by atoms with Crippen LogP contribution >= 0.6 is 0 Å². The molecule has 4 aromatic rings. The molecule has 0 radical (unpaired) electrons. The lowest BCUT2D eigenvalue weighted by Gasteiger charge is -2.11. The van der Waals surface area contributed by atoms with Crippen LogP contribution in [0.2, 0.25) is 0 Å². The van der Waals surface area contributed by atoms with Gasteiger partial charge in [0, 0.05) is 11.8 Å². The summed E-state index contributed by atoms with van der Waals surface area (Å²) in [6.45, 7) is 3.72. The number of fused-ring (bicyclic) bond motifs is 1. The van der Waals surface area contributed by atoms with Crippen molar-refractivity contribution in [1.82, 2.24) is 14.5 Å². The fourth-order valence-electron chi connectivity index (χ4n) is 3.10. The first-order valence-electron chi connectivity index (χ1n) is 8.86. The molecule has 0 atom stereocenters. The Labute approximate surface area is 161 Å². The molecule has 2 heterocycles. The highest BCUT2D eigenvalue weighted by Gasteiger charge is 2.11. The Morgan fingerprint density at radius 1 is 1.00 bits per heavy atom. The standard InChI is InChI=1S/C22H18N4O2/c1-14-11-12-23-20(13-14)25-21(27)16-7-9-17(10-8-16)26-15(2)24-19-6-4-3-5-18(19)22(26)28/h3-13H,1-2H3,(H,23,25,27). The lowest BCUT2D eigenvalue weighted by Crippen LogP contribution is -2.22. The van der Waals surface area contributed by atoms with Gasteiger partial charge in [-0.25, -0.2) is 9.97 Å². The Bertz CT molecular complexity index is 1240. The van der Waals surface area contributed by atoms with Crippen LogP contribution in [-0.4, -0.2) is 20.4 Å². The Morgan fingerprint density at radius 2 is 1.75 bits per heavy atom. The molecule has 0 bridgehead atoms. The lowest BCUT2D eigenvalue weighted by atomic mass is 10.1. The highest BCUT2D eigenvalue weighted by molar-refractivity contribution is 6.03. The molecule has 2 aromatic heterocycles. The second kappa shape index (κ2) is 7.08. The van der Waals surface area contributed by atoms with E-state index in [0.29, 0.717) is 33.8 Å². The molecular weight excluding hydrogens is 352 g/mol. The summed E-state index contributed by atoms with van der Waals surface area (Å²) in [6, 6.07) is 17.8. The van der Waals surface area contributed by atoms with Gasteiger partial charge in [-0.05, 0) is 67.9 Å². The summed E-state index contributed by atoms with van der Waals surface area (Å²) in [7, 11) is 0. The van der Waals surface area contributed by atoms with Crippen LogP contribution in [0.5, 0.6) is 0 Å². The van der Waals surface area contributed by atoms with Crippen molar-refractivity contribution in [2.75, 3.05) is 5.32 Å². The van der Waals surface area contributed by atoms with Crippen LogP contribution in [-0.2, 0) is 0 Å². The van der Waals surface area contributed by atoms with E-state index in [9.17, 15) is 9.59 Å². The molecule has 0 unspecified atom stereocenters. The Balaban J connectivity index is 1.66. The number of nitrogens with one attached hydrogen (secondary N) is 1. The smallest absolute Gasteiger partial charge is 0.265 e. The Morgan fingerprint density at radius 3 is 2.50 bits per heavy atom. The van der Waals surface area contributed by atoms with Gasteiger partial charge in [-0.3, -0.25) is 14.2 Å². The molecule has 2 aromatic carbocycles. The zero-order valence-corrected chi connectivity index (χ0v) is 15.5. The number of aryl methyl sites for hydroxylation is 2. The van der Waals surface area contributed by atoms with Gasteiger partial charge in [-0.1, -0.05) is 12.1 Å². The van der Waals surface area contributed by atoms with Crippen molar-refractivity contribution in [3.05, 3.63) is 94.2 Å². The van der Waals surface area contributed by atoms with Crippen molar-refractivity contribution in [3.8, 4) is 5.69 Å². The van der Waals surface area contributed by atoms with E-state index in [2.05, 4.69) is 15.3 Å². The molecular formula is C22H18N4O2. The van der Waals surface area contributed by atoms with Crippen LogP contribution < -0.4 is 10.9 Å². The number of benzene rings is 2. The van der Waals surface area contributed by atoms with E-state index in [1.54, 1.807) is 54.1 Å². The second-order valence-corrected chi connectivity index (χ2v) is 6.54. The van der Waals surface area contributed by atoms with Crippen LogP contribution in [0.25, 0.3) is 16.6 Å². The van der Waals surface area contributed by atoms with Crippen molar-refractivity contribution >= 4 is 22.6 Å². The number of carbonyl (C=O) groups excluding carboxylic acids is 1. The lowest BCUT2D eigenvalue weighted by molar-refractivity contribution is 0.102. The van der Waals surface area contributed by atoms with Crippen LogP contribution in [0.15, 0.2) is 71.7 Å². The van der Waals surface area contributed by atoms with Crippen molar-refractivity contribution in [3.63, 3.8) is 0 Å². The minimum absolute atomic E-state index is 0.135. The average Bonchev–Trinajstić information content (AvgIpc) is 2.68. The number of rotatable bonds is 3. The molecule has 6 nitrogen and oxygen atoms in total. The van der Waals surface area contributed by atoms with E-state index >= 15 is 0 Å². The second-order valence-electron chi connectivity index (χ2n) is 6.54. The molecule has 1 N–H and O–H groups in total. The van der Waals surface area contributed by atoms with Gasteiger partial charge in [-0.2, -0.15) is 0 Å². The van der Waals surface area contributed by atoms with E-state index in [1.165, 1.54) is 0 Å². The van der Waals surface area contributed by atoms with Gasteiger partial charge in [0.2, 0.25) is 0 Å². The molecule has 0 aliphatic carbocycles. The predicted octanol–water partition coefficient (Wildman–Crippen LogP) is 3.65. The number of para-hydroxylation sites is 1. The van der Waals surface area contributed by atoms with E-state index < -0.39 is 0 Å². The van der Waals surface area contributed by atoms with Crippen molar-refractivity contribution in [2.24, 2.45) is 0 Å². The summed E-state index contributed by atoms with van der Waals surface area (Å²) >= 11 is 0. The normalized spacial score (nSPS) is 10.8. The first-order chi connectivity index (χ1) is 13.5. The minimum Gasteiger partial charge on any atom is -0.307 e. The maximum atomic E-state index is 12.9. The summed E-state index contributed by atoms with van der Waals surface area (Å²) in [6.07, 6.45) is 1.65. The minimum atomic E-state index is -0.259. The third-order valence-corrected chi connectivity index (χ3v) is 4.49. The number of aromatic nitrogens is 3. The maximum absolute atomic E-state index is 12.9. The average molecular weight is 370 g/mol. The largest absolute Gasteiger partial charge is 0.307 e. The molecule has 4 rings (SSSR count). The Kier molecular flexibility index (Phi) is 4.45. The topological polar surface area (TPSA) is 76.9 Å². The molecule has 0 aliphatic rings. The number of amides is 1. The molecule has 138 valence electrons. The first-order valence-corrected chi connectivity index (χ1v) is 8.86. The van der Waals surface area contributed by atoms with Gasteiger partial charge in [0.25, 0.3) is 11.5 Å². The summed E-state index contributed by atoms with van der Waals surface area (Å²) < 4.78 is 1.55. The SMILES string of the molecule is Cc1ccnc(NC(=O)c2ccc(-n3c(C)nc4ccccc4c3=O)cc2)c1. The van der Waals surface area contributed by atoms with Crippen molar-refractivity contribution in [2.45, 2.75) is 13.8 Å². The highest BCUT2D eigenvalue weighted by Crippen LogP contribution is 2.14. The van der Waals surface area contributed by atoms with Crippen LogP contribution in [0.1, 0.15) is 21.7 Å². The highest BCUT2D eigenvalue weighted by atomic mass is 16.1. The number of hydrogen-bond donors (Lipinski definition) is 1. The molecule has 0 aliphatic heterocycles. The third kappa shape index (κ3) is 3.27. The van der Waals surface area contributed by atoms with Gasteiger partial charge < -0.3 is 5.32 Å². The Hall–Kier alpha value is -3.80. The third-order valence-electron chi connectivity index (χ3n) is 4.49. The number of anilines is 1. The van der Waals surface area contributed by atoms with Crippen molar-refractivity contribution in [1.29, 1.82) is 0 Å². The van der Waals surface area contributed by atoms with E-state index in [-0.39, 0.29) is 11.5 Å². The fraction of sp³-hybridized carbons (Fsp3) is 0.0909. The molecule has 0 saturated heterocycles. The van der Waals surface area contributed by atoms with Crippen LogP contribution in [0.4, 0.5) is 5.82 Å². The van der Waals surface area contributed by atoms with Crippen LogP contribution in [0.3, 0.4) is 0 Å². The zero-order valence-electron chi connectivity index (χ0n) is 15.5. The summed E-state index contributed by atoms with van der Waals surface area (Å²) in [4.78, 5) is 34.0. The molecule has 0 spiro atoms. The first kappa shape index (κ1) is 17.6. The van der Waals surface area contributed by atoms with Gasteiger partial charge in [0.05, 0.1) is 16.6 Å². The molecule has 6 heteroatoms. The monoisotopic (exact) mass is 370 g/mol. The summed E-state index contributed by atoms with van der Waals surface area (Å²) in [5.74, 6) is 0.829. The maximum Gasteiger partial charge on any atom is 0.265 e. The molecule has 0 fully saturated rings. The van der Waals surface area contributed by atoms with Gasteiger partial charge in [0.1, 0.15) is 11.6 Å². The predicted molar refractivity (Wildman–Crippen MR) is 109 cm³/mol. The van der Waals surface area contributed by atoms with Gasteiger partial charge in [-0.15, -0.1) is 0 Å². The molecule has 0 saturated carbocycles. The zero-order chi connectivity index (χ0) is 19.7. The van der Waals surface area contributed by atoms with Crippen molar-refractivity contribution < 1.29 is 4.79 Å². The van der Waals surface area contributed by atoms with E-state index in [0.717, 1.165) is 5.56 Å². The van der Waals surface area contributed by atoms with E-state index in [1.807, 2.05) is 31.2 Å². The quantitative estimate of drug-likeness (QED) is 0.597. The molecule has 28 heavy (non-hydrogen) atoms. The van der Waals surface area contributed by atoms with Gasteiger partial charge >= 0.3 is 0 Å². The van der Waals surface area contributed by atoms with Crippen LogP contribution in [0, 0.1) is 13.8 Å². The summed E-state index contributed by atoms with van der Waals surface area (Å²) in [5, 5.41) is 3.33. The number of nitrogens with zero attached hydrogens (tertiary/aromatic N) is 3. The van der Waals surface area contributed by atoms with E-state index in [4.69, 9.17) is 0 Å². The number of hydrogen-bond acceptors (Lipinski definition) is 4.